The summed E-state index contributed by atoms with van der Waals surface area (Å²) in [4.78, 5) is 0.238. The molecule has 1 rings (SSSR count). The molecule has 120 valence electrons. The quantitative estimate of drug-likeness (QED) is 0.747. The van der Waals surface area contributed by atoms with E-state index in [1.165, 1.54) is 14.2 Å². The van der Waals surface area contributed by atoms with E-state index in [1.54, 1.807) is 26.0 Å². The molecule has 6 nitrogen and oxygen atoms in total. The van der Waals surface area contributed by atoms with Crippen molar-refractivity contribution in [3.8, 4) is 5.75 Å². The predicted molar refractivity (Wildman–Crippen MR) is 80.2 cm³/mol. The van der Waals surface area contributed by atoms with Crippen LogP contribution >= 0.6 is 0 Å². The Morgan fingerprint density at radius 2 is 1.81 bits per heavy atom. The van der Waals surface area contributed by atoms with Crippen molar-refractivity contribution >= 4 is 10.0 Å². The fraction of sp³-hybridized carbons (Fsp3) is 0.571. The lowest BCUT2D eigenvalue weighted by Crippen LogP contribution is -2.39. The van der Waals surface area contributed by atoms with E-state index in [-0.39, 0.29) is 18.1 Å². The van der Waals surface area contributed by atoms with Gasteiger partial charge in [-0.2, -0.15) is 0 Å². The minimum Gasteiger partial charge on any atom is -0.497 e. The SMILES string of the molecule is COCC(CCO)NS(=O)(=O)c1c(C)cc(OC)cc1C. The number of aliphatic hydroxyl groups is 1. The van der Waals surface area contributed by atoms with Crippen molar-refractivity contribution in [2.75, 3.05) is 27.4 Å². The first-order valence-corrected chi connectivity index (χ1v) is 8.11. The van der Waals surface area contributed by atoms with Gasteiger partial charge >= 0.3 is 0 Å². The van der Waals surface area contributed by atoms with E-state index in [0.29, 0.717) is 23.3 Å². The molecule has 21 heavy (non-hydrogen) atoms. The molecule has 0 radical (unpaired) electrons. The van der Waals surface area contributed by atoms with Gasteiger partial charge in [-0.05, 0) is 43.5 Å². The Morgan fingerprint density at radius 1 is 1.24 bits per heavy atom. The van der Waals surface area contributed by atoms with Gasteiger partial charge in [0.15, 0.2) is 0 Å². The highest BCUT2D eigenvalue weighted by Crippen LogP contribution is 2.25. The summed E-state index contributed by atoms with van der Waals surface area (Å²) in [5.74, 6) is 0.618. The molecule has 0 amide bonds. The highest BCUT2D eigenvalue weighted by molar-refractivity contribution is 7.89. The van der Waals surface area contributed by atoms with Gasteiger partial charge in [0, 0.05) is 19.8 Å². The van der Waals surface area contributed by atoms with Gasteiger partial charge < -0.3 is 14.6 Å². The van der Waals surface area contributed by atoms with Crippen LogP contribution in [0.5, 0.6) is 5.75 Å². The average molecular weight is 317 g/mol. The summed E-state index contributed by atoms with van der Waals surface area (Å²) in [7, 11) is -0.660. The third-order valence-corrected chi connectivity index (χ3v) is 4.93. The zero-order chi connectivity index (χ0) is 16.0. The highest BCUT2D eigenvalue weighted by Gasteiger charge is 2.24. The average Bonchev–Trinajstić information content (AvgIpc) is 2.37. The first-order valence-electron chi connectivity index (χ1n) is 6.63. The summed E-state index contributed by atoms with van der Waals surface area (Å²) in [5.41, 5.74) is 1.22. The number of aliphatic hydroxyl groups excluding tert-OH is 1. The van der Waals surface area contributed by atoms with E-state index in [2.05, 4.69) is 4.72 Å². The van der Waals surface area contributed by atoms with Gasteiger partial charge in [0.1, 0.15) is 5.75 Å². The molecule has 0 aliphatic rings. The molecule has 0 heterocycles. The summed E-state index contributed by atoms with van der Waals surface area (Å²) in [5, 5.41) is 9.00. The summed E-state index contributed by atoms with van der Waals surface area (Å²) in [6.07, 6.45) is 0.293. The molecule has 1 aromatic rings. The van der Waals surface area contributed by atoms with Crippen molar-refractivity contribution in [2.24, 2.45) is 0 Å². The second-order valence-corrected chi connectivity index (χ2v) is 6.53. The van der Waals surface area contributed by atoms with Crippen molar-refractivity contribution in [3.05, 3.63) is 23.3 Å². The van der Waals surface area contributed by atoms with Gasteiger partial charge in [0.2, 0.25) is 10.0 Å². The second-order valence-electron chi connectivity index (χ2n) is 4.88. The highest BCUT2D eigenvalue weighted by atomic mass is 32.2. The molecule has 0 spiro atoms. The fourth-order valence-corrected chi connectivity index (χ4v) is 3.97. The lowest BCUT2D eigenvalue weighted by atomic mass is 10.1. The Bertz CT molecular complexity index is 542. The summed E-state index contributed by atoms with van der Waals surface area (Å²) in [6, 6.07) is 2.89. The number of hydrogen-bond donors (Lipinski definition) is 2. The van der Waals surface area contributed by atoms with E-state index >= 15 is 0 Å². The molecule has 0 saturated carbocycles. The number of ether oxygens (including phenoxy) is 2. The maximum absolute atomic E-state index is 12.5. The minimum absolute atomic E-state index is 0.114. The Hall–Kier alpha value is -1.15. The van der Waals surface area contributed by atoms with E-state index in [4.69, 9.17) is 14.6 Å². The molecule has 7 heteroatoms. The number of methoxy groups -OCH3 is 2. The van der Waals surface area contributed by atoms with Gasteiger partial charge in [-0.1, -0.05) is 0 Å². The van der Waals surface area contributed by atoms with Crippen LogP contribution in [0.4, 0.5) is 0 Å². The van der Waals surface area contributed by atoms with Crippen LogP contribution in [-0.4, -0.2) is 47.0 Å². The number of sulfonamides is 1. The maximum atomic E-state index is 12.5. The zero-order valence-corrected chi connectivity index (χ0v) is 13.7. The van der Waals surface area contributed by atoms with Gasteiger partial charge in [0.25, 0.3) is 0 Å². The molecule has 2 N–H and O–H groups in total. The lowest BCUT2D eigenvalue weighted by Gasteiger charge is -2.19. The van der Waals surface area contributed by atoms with E-state index in [9.17, 15) is 8.42 Å². The normalized spacial score (nSPS) is 13.2. The van der Waals surface area contributed by atoms with Crippen LogP contribution in [0.3, 0.4) is 0 Å². The molecule has 0 bridgehead atoms. The molecule has 0 aromatic heterocycles. The van der Waals surface area contributed by atoms with Crippen LogP contribution in [0.25, 0.3) is 0 Å². The Kier molecular flexibility index (Phi) is 6.60. The lowest BCUT2D eigenvalue weighted by molar-refractivity contribution is 0.158. The molecule has 1 unspecified atom stereocenters. The van der Waals surface area contributed by atoms with Gasteiger partial charge in [-0.3, -0.25) is 0 Å². The van der Waals surface area contributed by atoms with Crippen LogP contribution in [0, 0.1) is 13.8 Å². The molecule has 1 atom stereocenters. The first-order chi connectivity index (χ1) is 9.85. The number of aryl methyl sites for hydroxylation is 2. The molecule has 0 fully saturated rings. The molecule has 0 aliphatic carbocycles. The van der Waals surface area contributed by atoms with Crippen molar-refractivity contribution in [1.82, 2.24) is 4.72 Å². The third-order valence-electron chi connectivity index (χ3n) is 3.11. The van der Waals surface area contributed by atoms with Crippen LogP contribution < -0.4 is 9.46 Å². The fourth-order valence-electron chi connectivity index (χ4n) is 2.26. The number of benzene rings is 1. The topological polar surface area (TPSA) is 84.9 Å². The maximum Gasteiger partial charge on any atom is 0.241 e. The standard InChI is InChI=1S/C14H23NO5S/c1-10-7-13(20-4)8-11(2)14(10)21(17,18)15-12(5-6-16)9-19-3/h7-8,12,15-16H,5-6,9H2,1-4H3. The molecular weight excluding hydrogens is 294 g/mol. The largest absolute Gasteiger partial charge is 0.497 e. The van der Waals surface area contributed by atoms with Crippen molar-refractivity contribution in [3.63, 3.8) is 0 Å². The van der Waals surface area contributed by atoms with Crippen LogP contribution in [0.1, 0.15) is 17.5 Å². The zero-order valence-electron chi connectivity index (χ0n) is 12.8. The molecule has 0 aliphatic heterocycles. The smallest absolute Gasteiger partial charge is 0.241 e. The summed E-state index contributed by atoms with van der Waals surface area (Å²) < 4.78 is 37.8. The van der Waals surface area contributed by atoms with Crippen LogP contribution in [0.15, 0.2) is 17.0 Å². The van der Waals surface area contributed by atoms with Crippen LogP contribution in [-0.2, 0) is 14.8 Å². The van der Waals surface area contributed by atoms with E-state index < -0.39 is 16.1 Å². The summed E-state index contributed by atoms with van der Waals surface area (Å²) >= 11 is 0. The number of rotatable bonds is 8. The van der Waals surface area contributed by atoms with Gasteiger partial charge in [-0.15, -0.1) is 0 Å². The minimum atomic E-state index is -3.69. The monoisotopic (exact) mass is 317 g/mol. The van der Waals surface area contributed by atoms with Crippen LogP contribution in [0.2, 0.25) is 0 Å². The van der Waals surface area contributed by atoms with Gasteiger partial charge in [-0.25, -0.2) is 13.1 Å². The van der Waals surface area contributed by atoms with E-state index in [0.717, 1.165) is 0 Å². The predicted octanol–water partition coefficient (Wildman–Crippen LogP) is 0.988. The van der Waals surface area contributed by atoms with Crippen molar-refractivity contribution in [1.29, 1.82) is 0 Å². The first kappa shape index (κ1) is 17.9. The molecule has 0 saturated heterocycles. The Balaban J connectivity index is 3.12. The van der Waals surface area contributed by atoms with E-state index in [1.807, 2.05) is 0 Å². The van der Waals surface area contributed by atoms with Gasteiger partial charge in [0.05, 0.1) is 18.6 Å². The Morgan fingerprint density at radius 3 is 2.24 bits per heavy atom. The Labute approximate surface area is 126 Å². The second kappa shape index (κ2) is 7.74. The number of nitrogens with one attached hydrogen (secondary N) is 1. The molecule has 1 aromatic carbocycles. The molecular formula is C14H23NO5S. The van der Waals surface area contributed by atoms with Crippen molar-refractivity contribution in [2.45, 2.75) is 31.2 Å². The summed E-state index contributed by atoms with van der Waals surface area (Å²) in [6.45, 7) is 3.54. The van der Waals surface area contributed by atoms with Crippen molar-refractivity contribution < 1.29 is 23.0 Å². The number of hydrogen-bond acceptors (Lipinski definition) is 5. The third kappa shape index (κ3) is 4.67.